The molecule has 0 aliphatic carbocycles. The predicted octanol–water partition coefficient (Wildman–Crippen LogP) is 2.06. The highest BCUT2D eigenvalue weighted by Gasteiger charge is 2.24. The zero-order chi connectivity index (χ0) is 20.0. The summed E-state index contributed by atoms with van der Waals surface area (Å²) in [5.41, 5.74) is 0.422. The third kappa shape index (κ3) is 5.31. The Morgan fingerprint density at radius 2 is 1.70 bits per heavy atom. The molecule has 2 aromatic carbocycles. The third-order valence-corrected chi connectivity index (χ3v) is 4.72. The highest BCUT2D eigenvalue weighted by atomic mass is 32.2. The van der Waals surface area contributed by atoms with Gasteiger partial charge in [-0.3, -0.25) is 4.79 Å². The van der Waals surface area contributed by atoms with Crippen molar-refractivity contribution in [2.24, 2.45) is 0 Å². The van der Waals surface area contributed by atoms with Crippen LogP contribution in [0.25, 0.3) is 0 Å². The summed E-state index contributed by atoms with van der Waals surface area (Å²) in [5, 5.41) is 2.37. The molecule has 0 saturated carbocycles. The van der Waals surface area contributed by atoms with Gasteiger partial charge in [0, 0.05) is 5.69 Å². The average molecular weight is 398 g/mol. The van der Waals surface area contributed by atoms with Gasteiger partial charge < -0.3 is 10.1 Å². The summed E-state index contributed by atoms with van der Waals surface area (Å²) in [5.74, 6) is -3.92. The molecule has 2 rings (SSSR count). The number of hydrogen-bond donors (Lipinski definition) is 2. The summed E-state index contributed by atoms with van der Waals surface area (Å²) < 4.78 is 57.9. The lowest BCUT2D eigenvalue weighted by atomic mass is 10.2. The molecule has 0 atom stereocenters. The molecule has 0 radical (unpaired) electrons. The van der Waals surface area contributed by atoms with Crippen LogP contribution in [-0.4, -0.2) is 33.4 Å². The summed E-state index contributed by atoms with van der Waals surface area (Å²) in [7, 11) is -4.57. The van der Waals surface area contributed by atoms with E-state index in [4.69, 9.17) is 4.74 Å². The lowest BCUT2D eigenvalue weighted by Crippen LogP contribution is -2.33. The Morgan fingerprint density at radius 1 is 1.07 bits per heavy atom. The number of halogens is 2. The summed E-state index contributed by atoms with van der Waals surface area (Å²) in [6, 6.07) is 8.41. The van der Waals surface area contributed by atoms with Crippen LogP contribution < -0.4 is 10.0 Å². The van der Waals surface area contributed by atoms with Crippen LogP contribution in [0.5, 0.6) is 0 Å². The topological polar surface area (TPSA) is 102 Å². The number of ether oxygens (including phenoxy) is 1. The molecule has 0 unspecified atom stereocenters. The van der Waals surface area contributed by atoms with E-state index in [1.807, 2.05) is 4.72 Å². The number of rotatable bonds is 7. The number of carbonyl (C=O) groups excluding carboxylic acids is 2. The van der Waals surface area contributed by atoms with E-state index in [1.54, 1.807) is 6.92 Å². The lowest BCUT2D eigenvalue weighted by molar-refractivity contribution is -0.115. The van der Waals surface area contributed by atoms with Gasteiger partial charge in [0.15, 0.2) is 4.90 Å². The standard InChI is InChI=1S/C17H16F2N2O5S/c1-2-26-17(23)11-5-3-6-12(9-11)21-15(22)10-20-27(24,25)16-13(18)7-4-8-14(16)19/h3-9,20H,2,10H2,1H3,(H,21,22). The summed E-state index contributed by atoms with van der Waals surface area (Å²) in [6.45, 7) is 1.07. The van der Waals surface area contributed by atoms with Crippen molar-refractivity contribution in [1.29, 1.82) is 0 Å². The molecule has 0 fully saturated rings. The average Bonchev–Trinajstić information content (AvgIpc) is 2.60. The van der Waals surface area contributed by atoms with Crippen LogP contribution in [0, 0.1) is 11.6 Å². The molecule has 10 heteroatoms. The van der Waals surface area contributed by atoms with Gasteiger partial charge in [0.25, 0.3) is 0 Å². The van der Waals surface area contributed by atoms with Crippen molar-refractivity contribution < 1.29 is 31.5 Å². The predicted molar refractivity (Wildman–Crippen MR) is 92.6 cm³/mol. The largest absolute Gasteiger partial charge is 0.462 e. The van der Waals surface area contributed by atoms with E-state index in [9.17, 15) is 26.8 Å². The summed E-state index contributed by atoms with van der Waals surface area (Å²) in [6.07, 6.45) is 0. The van der Waals surface area contributed by atoms with Crippen molar-refractivity contribution in [3.05, 3.63) is 59.7 Å². The van der Waals surface area contributed by atoms with Crippen LogP contribution in [0.1, 0.15) is 17.3 Å². The molecule has 1 amide bonds. The molecule has 0 aromatic heterocycles. The molecule has 0 aliphatic heterocycles. The van der Waals surface area contributed by atoms with Gasteiger partial charge in [-0.1, -0.05) is 12.1 Å². The maximum atomic E-state index is 13.6. The van der Waals surface area contributed by atoms with Gasteiger partial charge in [0.05, 0.1) is 18.7 Å². The van der Waals surface area contributed by atoms with Crippen LogP contribution in [-0.2, 0) is 19.6 Å². The van der Waals surface area contributed by atoms with Crippen LogP contribution in [0.2, 0.25) is 0 Å². The molecule has 7 nitrogen and oxygen atoms in total. The van der Waals surface area contributed by atoms with Crippen molar-refractivity contribution in [1.82, 2.24) is 4.72 Å². The summed E-state index contributed by atoms with van der Waals surface area (Å²) in [4.78, 5) is 22.4. The van der Waals surface area contributed by atoms with Gasteiger partial charge in [0.1, 0.15) is 11.6 Å². The van der Waals surface area contributed by atoms with E-state index < -0.39 is 45.0 Å². The van der Waals surface area contributed by atoms with Gasteiger partial charge >= 0.3 is 5.97 Å². The fraction of sp³-hybridized carbons (Fsp3) is 0.176. The van der Waals surface area contributed by atoms with E-state index in [2.05, 4.69) is 5.32 Å². The first kappa shape index (κ1) is 20.5. The Balaban J connectivity index is 2.04. The minimum atomic E-state index is -4.57. The monoisotopic (exact) mass is 398 g/mol. The van der Waals surface area contributed by atoms with Crippen LogP contribution in [0.4, 0.5) is 14.5 Å². The number of nitrogens with one attached hydrogen (secondary N) is 2. The van der Waals surface area contributed by atoms with E-state index in [0.717, 1.165) is 18.2 Å². The highest BCUT2D eigenvalue weighted by molar-refractivity contribution is 7.89. The number of anilines is 1. The number of hydrogen-bond acceptors (Lipinski definition) is 5. The molecule has 0 aliphatic rings. The normalized spacial score (nSPS) is 11.1. The number of benzene rings is 2. The fourth-order valence-corrected chi connectivity index (χ4v) is 3.23. The molecule has 0 spiro atoms. The Bertz CT molecular complexity index is 943. The first-order valence-corrected chi connectivity index (χ1v) is 9.23. The maximum absolute atomic E-state index is 13.6. The SMILES string of the molecule is CCOC(=O)c1cccc(NC(=O)CNS(=O)(=O)c2c(F)cccc2F)c1. The second-order valence-corrected chi connectivity index (χ2v) is 6.93. The van der Waals surface area contributed by atoms with Crippen LogP contribution in [0.3, 0.4) is 0 Å². The first-order chi connectivity index (χ1) is 12.7. The molecule has 2 N–H and O–H groups in total. The van der Waals surface area contributed by atoms with Crippen LogP contribution in [0.15, 0.2) is 47.4 Å². The molecule has 0 saturated heterocycles. The molecule has 0 bridgehead atoms. The molecule has 144 valence electrons. The smallest absolute Gasteiger partial charge is 0.338 e. The van der Waals surface area contributed by atoms with Gasteiger partial charge in [-0.2, -0.15) is 0 Å². The fourth-order valence-electron chi connectivity index (χ4n) is 2.12. The van der Waals surface area contributed by atoms with Crippen molar-refractivity contribution in [3.63, 3.8) is 0 Å². The van der Waals surface area contributed by atoms with E-state index >= 15 is 0 Å². The zero-order valence-electron chi connectivity index (χ0n) is 14.2. The Kier molecular flexibility index (Phi) is 6.59. The number of esters is 1. The lowest BCUT2D eigenvalue weighted by Gasteiger charge is -2.10. The van der Waals surface area contributed by atoms with E-state index in [0.29, 0.717) is 0 Å². The van der Waals surface area contributed by atoms with E-state index in [-0.39, 0.29) is 17.9 Å². The zero-order valence-corrected chi connectivity index (χ0v) is 15.0. The third-order valence-electron chi connectivity index (χ3n) is 3.27. The molecular weight excluding hydrogens is 382 g/mol. The molecule has 0 heterocycles. The van der Waals surface area contributed by atoms with Crippen LogP contribution >= 0.6 is 0 Å². The highest BCUT2D eigenvalue weighted by Crippen LogP contribution is 2.18. The second kappa shape index (κ2) is 8.69. The van der Waals surface area contributed by atoms with Gasteiger partial charge in [-0.05, 0) is 37.3 Å². The Morgan fingerprint density at radius 3 is 2.33 bits per heavy atom. The van der Waals surface area contributed by atoms with E-state index in [1.165, 1.54) is 24.3 Å². The van der Waals surface area contributed by atoms with Crippen molar-refractivity contribution in [3.8, 4) is 0 Å². The quantitative estimate of drug-likeness (QED) is 0.695. The van der Waals surface area contributed by atoms with Gasteiger partial charge in [-0.15, -0.1) is 0 Å². The minimum Gasteiger partial charge on any atom is -0.462 e. The first-order valence-electron chi connectivity index (χ1n) is 7.75. The summed E-state index contributed by atoms with van der Waals surface area (Å²) >= 11 is 0. The van der Waals surface area contributed by atoms with Crippen molar-refractivity contribution in [2.45, 2.75) is 11.8 Å². The number of amides is 1. The molecule has 2 aromatic rings. The molecular formula is C17H16F2N2O5S. The van der Waals surface area contributed by atoms with Crippen molar-refractivity contribution >= 4 is 27.6 Å². The Hall–Kier alpha value is -2.85. The van der Waals surface area contributed by atoms with Gasteiger partial charge in [-0.25, -0.2) is 26.7 Å². The Labute approximate surface area is 154 Å². The van der Waals surface area contributed by atoms with Gasteiger partial charge in [0.2, 0.25) is 15.9 Å². The second-order valence-electron chi connectivity index (χ2n) is 5.22. The number of sulfonamides is 1. The van der Waals surface area contributed by atoms with Crippen molar-refractivity contribution in [2.75, 3.05) is 18.5 Å². The number of carbonyl (C=O) groups is 2. The maximum Gasteiger partial charge on any atom is 0.338 e. The molecule has 27 heavy (non-hydrogen) atoms. The minimum absolute atomic E-state index is 0.184.